The minimum atomic E-state index is -0.477. The van der Waals surface area contributed by atoms with Gasteiger partial charge < -0.3 is 4.90 Å². The van der Waals surface area contributed by atoms with Crippen molar-refractivity contribution in [1.82, 2.24) is 0 Å². The Bertz CT molecular complexity index is 447. The summed E-state index contributed by atoms with van der Waals surface area (Å²) in [5, 5.41) is 0.473. The first-order valence-corrected chi connectivity index (χ1v) is 5.56. The van der Waals surface area contributed by atoms with Crippen molar-refractivity contribution in [2.45, 2.75) is 6.42 Å². The molecule has 0 aliphatic carbocycles. The van der Waals surface area contributed by atoms with Crippen molar-refractivity contribution < 1.29 is 9.59 Å². The summed E-state index contributed by atoms with van der Waals surface area (Å²) in [4.78, 5) is 24.0. The van der Waals surface area contributed by atoms with Crippen LogP contribution in [0.1, 0.15) is 6.42 Å². The SMILES string of the molecule is O=C1CCN(c2cc(Br)ccc2Cl)C1=O. The van der Waals surface area contributed by atoms with Crippen LogP contribution in [0.25, 0.3) is 0 Å². The fraction of sp³-hybridized carbons (Fsp3) is 0.200. The minimum Gasteiger partial charge on any atom is -0.304 e. The summed E-state index contributed by atoms with van der Waals surface area (Å²) in [6, 6.07) is 5.21. The van der Waals surface area contributed by atoms with Crippen molar-refractivity contribution in [3.8, 4) is 0 Å². The quantitative estimate of drug-likeness (QED) is 0.744. The molecular weight excluding hydrogens is 281 g/mol. The van der Waals surface area contributed by atoms with Crippen LogP contribution in [0.15, 0.2) is 22.7 Å². The topological polar surface area (TPSA) is 37.4 Å². The highest BCUT2D eigenvalue weighted by Gasteiger charge is 2.31. The molecule has 78 valence electrons. The highest BCUT2D eigenvalue weighted by atomic mass is 79.9. The van der Waals surface area contributed by atoms with Crippen molar-refractivity contribution >= 4 is 44.9 Å². The van der Waals surface area contributed by atoms with E-state index in [9.17, 15) is 9.59 Å². The number of hydrogen-bond donors (Lipinski definition) is 0. The fourth-order valence-electron chi connectivity index (χ4n) is 1.49. The monoisotopic (exact) mass is 287 g/mol. The fourth-order valence-corrected chi connectivity index (χ4v) is 2.06. The molecule has 0 bridgehead atoms. The van der Waals surface area contributed by atoms with E-state index in [-0.39, 0.29) is 12.2 Å². The van der Waals surface area contributed by atoms with E-state index >= 15 is 0 Å². The number of hydrogen-bond acceptors (Lipinski definition) is 2. The molecule has 1 fully saturated rings. The lowest BCUT2D eigenvalue weighted by molar-refractivity contribution is -0.133. The van der Waals surface area contributed by atoms with Crippen molar-refractivity contribution in [3.63, 3.8) is 0 Å². The number of carbonyl (C=O) groups excluding carboxylic acids is 2. The smallest absolute Gasteiger partial charge is 0.294 e. The predicted octanol–water partition coefficient (Wildman–Crippen LogP) is 2.41. The van der Waals surface area contributed by atoms with Crippen molar-refractivity contribution in [1.29, 1.82) is 0 Å². The normalized spacial score (nSPS) is 16.3. The van der Waals surface area contributed by atoms with Gasteiger partial charge in [0.15, 0.2) is 0 Å². The van der Waals surface area contributed by atoms with Gasteiger partial charge in [-0.3, -0.25) is 9.59 Å². The maximum Gasteiger partial charge on any atom is 0.294 e. The maximum atomic E-state index is 11.5. The molecule has 1 aliphatic rings. The number of rotatable bonds is 1. The third kappa shape index (κ3) is 1.92. The molecule has 0 spiro atoms. The van der Waals surface area contributed by atoms with E-state index < -0.39 is 5.91 Å². The average molecular weight is 289 g/mol. The third-order valence-corrected chi connectivity index (χ3v) is 3.06. The van der Waals surface area contributed by atoms with Crippen molar-refractivity contribution in [3.05, 3.63) is 27.7 Å². The second-order valence-corrected chi connectivity index (χ2v) is 4.55. The molecule has 1 heterocycles. The minimum absolute atomic E-state index is 0.266. The van der Waals surface area contributed by atoms with Gasteiger partial charge in [0.25, 0.3) is 5.91 Å². The standard InChI is InChI=1S/C10H7BrClNO2/c11-6-1-2-7(12)8(5-6)13-4-3-9(14)10(13)15/h1-2,5H,3-4H2. The Kier molecular flexibility index (Phi) is 2.80. The number of amides is 1. The first-order valence-electron chi connectivity index (χ1n) is 4.39. The van der Waals surface area contributed by atoms with Crippen LogP contribution in [-0.4, -0.2) is 18.2 Å². The molecule has 1 saturated heterocycles. The predicted molar refractivity (Wildman–Crippen MR) is 61.1 cm³/mol. The van der Waals surface area contributed by atoms with Crippen LogP contribution >= 0.6 is 27.5 Å². The van der Waals surface area contributed by atoms with E-state index in [4.69, 9.17) is 11.6 Å². The Morgan fingerprint density at radius 2 is 2.07 bits per heavy atom. The summed E-state index contributed by atoms with van der Waals surface area (Å²) in [7, 11) is 0. The van der Waals surface area contributed by atoms with E-state index in [1.165, 1.54) is 4.90 Å². The molecule has 0 aromatic heterocycles. The number of ketones is 1. The lowest BCUT2D eigenvalue weighted by Crippen LogP contribution is -2.27. The zero-order chi connectivity index (χ0) is 11.0. The van der Waals surface area contributed by atoms with Crippen LogP contribution in [0.2, 0.25) is 5.02 Å². The van der Waals surface area contributed by atoms with Crippen molar-refractivity contribution in [2.75, 3.05) is 11.4 Å². The lowest BCUT2D eigenvalue weighted by atomic mass is 10.3. The Labute approximate surface area is 100 Å². The second-order valence-electron chi connectivity index (χ2n) is 3.23. The molecule has 1 aromatic carbocycles. The molecule has 5 heteroatoms. The third-order valence-electron chi connectivity index (χ3n) is 2.25. The van der Waals surface area contributed by atoms with Crippen LogP contribution in [-0.2, 0) is 9.59 Å². The summed E-state index contributed by atoms with van der Waals surface area (Å²) in [6.07, 6.45) is 0.266. The molecule has 0 unspecified atom stereocenters. The largest absolute Gasteiger partial charge is 0.304 e. The number of benzene rings is 1. The molecule has 1 aliphatic heterocycles. The summed E-state index contributed by atoms with van der Waals surface area (Å²) in [5.74, 6) is -0.832. The molecule has 1 aromatic rings. The summed E-state index contributed by atoms with van der Waals surface area (Å²) in [5.41, 5.74) is 0.585. The van der Waals surface area contributed by atoms with E-state index in [2.05, 4.69) is 15.9 Å². The van der Waals surface area contributed by atoms with Gasteiger partial charge in [-0.1, -0.05) is 27.5 Å². The first kappa shape index (κ1) is 10.6. The maximum absolute atomic E-state index is 11.5. The molecule has 15 heavy (non-hydrogen) atoms. The molecule has 1 amide bonds. The van der Waals surface area contributed by atoms with Gasteiger partial charge in [0.05, 0.1) is 10.7 Å². The zero-order valence-electron chi connectivity index (χ0n) is 7.67. The van der Waals surface area contributed by atoms with E-state index in [1.807, 2.05) is 0 Å². The van der Waals surface area contributed by atoms with Crippen LogP contribution < -0.4 is 4.90 Å². The number of Topliss-reactive ketones (excluding diaryl/α,β-unsaturated/α-hetero) is 1. The molecule has 0 atom stereocenters. The van der Waals surface area contributed by atoms with E-state index in [0.29, 0.717) is 17.3 Å². The highest BCUT2D eigenvalue weighted by Crippen LogP contribution is 2.31. The number of carbonyl (C=O) groups is 2. The van der Waals surface area contributed by atoms with Gasteiger partial charge in [-0.25, -0.2) is 0 Å². The molecule has 0 radical (unpaired) electrons. The van der Waals surface area contributed by atoms with Crippen molar-refractivity contribution in [2.24, 2.45) is 0 Å². The lowest BCUT2D eigenvalue weighted by Gasteiger charge is -2.16. The number of halogens is 2. The first-order chi connectivity index (χ1) is 7.09. The van der Waals surface area contributed by atoms with Gasteiger partial charge in [-0.2, -0.15) is 0 Å². The summed E-state index contributed by atoms with van der Waals surface area (Å²) < 4.78 is 0.828. The zero-order valence-corrected chi connectivity index (χ0v) is 10.0. The summed E-state index contributed by atoms with van der Waals surface area (Å²) >= 11 is 9.26. The Hall–Kier alpha value is -0.870. The van der Waals surface area contributed by atoms with Crippen LogP contribution in [0.5, 0.6) is 0 Å². The molecule has 3 nitrogen and oxygen atoms in total. The van der Waals surface area contributed by atoms with Gasteiger partial charge in [-0.15, -0.1) is 0 Å². The Morgan fingerprint density at radius 3 is 2.67 bits per heavy atom. The van der Waals surface area contributed by atoms with E-state index in [1.54, 1.807) is 18.2 Å². The van der Waals surface area contributed by atoms with E-state index in [0.717, 1.165) is 4.47 Å². The van der Waals surface area contributed by atoms with Crippen LogP contribution in [0.4, 0.5) is 5.69 Å². The van der Waals surface area contributed by atoms with Crippen LogP contribution in [0, 0.1) is 0 Å². The van der Waals surface area contributed by atoms with Gasteiger partial charge >= 0.3 is 0 Å². The molecule has 0 N–H and O–H groups in total. The van der Waals surface area contributed by atoms with Gasteiger partial charge in [0, 0.05) is 17.4 Å². The highest BCUT2D eigenvalue weighted by molar-refractivity contribution is 9.10. The molecule has 2 rings (SSSR count). The van der Waals surface area contributed by atoms with Gasteiger partial charge in [0.1, 0.15) is 0 Å². The number of nitrogens with zero attached hydrogens (tertiary/aromatic N) is 1. The average Bonchev–Trinajstić information content (AvgIpc) is 2.52. The summed E-state index contributed by atoms with van der Waals surface area (Å²) in [6.45, 7) is 0.411. The van der Waals surface area contributed by atoms with Crippen LogP contribution in [0.3, 0.4) is 0 Å². The number of anilines is 1. The molecule has 0 saturated carbocycles. The second kappa shape index (κ2) is 3.94. The molecular formula is C10H7BrClNO2. The van der Waals surface area contributed by atoms with Gasteiger partial charge in [0.2, 0.25) is 5.78 Å². The Balaban J connectivity index is 2.42. The van der Waals surface area contributed by atoms with Gasteiger partial charge in [-0.05, 0) is 18.2 Å². The Morgan fingerprint density at radius 1 is 1.33 bits per heavy atom.